The molecule has 2 heterocycles. The fourth-order valence-corrected chi connectivity index (χ4v) is 3.06. The molecule has 0 aliphatic carbocycles. The second-order valence-electron chi connectivity index (χ2n) is 5.60. The third-order valence-corrected chi connectivity index (χ3v) is 4.13. The van der Waals surface area contributed by atoms with Crippen molar-refractivity contribution in [1.82, 2.24) is 4.98 Å². The van der Waals surface area contributed by atoms with Gasteiger partial charge in [0.2, 0.25) is 0 Å². The Kier molecular flexibility index (Phi) is 4.13. The molecule has 0 bridgehead atoms. The molecule has 0 spiro atoms. The first-order chi connectivity index (χ1) is 11.4. The van der Waals surface area contributed by atoms with E-state index in [0.717, 1.165) is 24.5 Å². The number of nitrogens with zero attached hydrogens (tertiary/aromatic N) is 3. The minimum Gasteiger partial charge on any atom is -0.359 e. The number of halogens is 3. The van der Waals surface area contributed by atoms with E-state index >= 15 is 0 Å². The summed E-state index contributed by atoms with van der Waals surface area (Å²) in [6.07, 6.45) is 0.265. The van der Waals surface area contributed by atoms with Gasteiger partial charge in [0.25, 0.3) is 5.69 Å². The van der Waals surface area contributed by atoms with E-state index in [1.54, 1.807) is 23.4 Å². The Bertz CT molecular complexity index is 750. The fraction of sp³-hybridized carbons (Fsp3) is 0.312. The second kappa shape index (κ2) is 6.10. The van der Waals surface area contributed by atoms with E-state index in [1.807, 2.05) is 6.07 Å². The topological polar surface area (TPSA) is 59.3 Å². The third-order valence-electron chi connectivity index (χ3n) is 4.13. The number of alkyl halides is 3. The molecule has 1 aromatic carbocycles. The lowest BCUT2D eigenvalue weighted by Gasteiger charge is -2.27. The number of nitro groups is 1. The summed E-state index contributed by atoms with van der Waals surface area (Å²) >= 11 is 0. The van der Waals surface area contributed by atoms with Crippen LogP contribution in [0.25, 0.3) is 0 Å². The number of pyridine rings is 1. The average Bonchev–Trinajstić information content (AvgIpc) is 3.03. The molecule has 24 heavy (non-hydrogen) atoms. The SMILES string of the molecule is O=[N+]([O-])c1cc(C(F)(F)F)ccc1N1CCC[C@H]1c1cccnc1. The van der Waals surface area contributed by atoms with Crippen LogP contribution in [0.4, 0.5) is 24.5 Å². The van der Waals surface area contributed by atoms with Crippen molar-refractivity contribution in [3.05, 3.63) is 64.0 Å². The minimum atomic E-state index is -4.61. The van der Waals surface area contributed by atoms with E-state index in [0.29, 0.717) is 12.6 Å². The Morgan fingerprint density at radius 3 is 2.71 bits per heavy atom. The van der Waals surface area contributed by atoms with Crippen LogP contribution in [0.15, 0.2) is 42.7 Å². The van der Waals surface area contributed by atoms with Crippen LogP contribution in [0.1, 0.15) is 30.0 Å². The van der Waals surface area contributed by atoms with Gasteiger partial charge in [-0.2, -0.15) is 13.2 Å². The highest BCUT2D eigenvalue weighted by Gasteiger charge is 2.36. The molecule has 2 aromatic rings. The zero-order chi connectivity index (χ0) is 17.3. The summed E-state index contributed by atoms with van der Waals surface area (Å²) in [6.45, 7) is 0.547. The first-order valence-corrected chi connectivity index (χ1v) is 7.40. The maximum atomic E-state index is 12.8. The number of hydrogen-bond acceptors (Lipinski definition) is 4. The summed E-state index contributed by atoms with van der Waals surface area (Å²) < 4.78 is 38.5. The normalized spacial score (nSPS) is 18.0. The van der Waals surface area contributed by atoms with Gasteiger partial charge in [-0.15, -0.1) is 0 Å². The van der Waals surface area contributed by atoms with E-state index in [2.05, 4.69) is 4.98 Å². The van der Waals surface area contributed by atoms with Crippen molar-refractivity contribution < 1.29 is 18.1 Å². The first kappa shape index (κ1) is 16.2. The quantitative estimate of drug-likeness (QED) is 0.617. The lowest BCUT2D eigenvalue weighted by molar-refractivity contribution is -0.384. The van der Waals surface area contributed by atoms with Gasteiger partial charge in [0, 0.05) is 25.0 Å². The molecule has 3 rings (SSSR count). The van der Waals surface area contributed by atoms with E-state index in [1.165, 1.54) is 6.07 Å². The van der Waals surface area contributed by atoms with Crippen LogP contribution in [0, 0.1) is 10.1 Å². The third kappa shape index (κ3) is 3.04. The standard InChI is InChI=1S/C16H14F3N3O2/c17-16(18,19)12-5-6-14(15(9-12)22(23)24)21-8-2-4-13(21)11-3-1-7-20-10-11/h1,3,5-7,9-10,13H,2,4,8H2/t13-/m0/s1. The predicted molar refractivity (Wildman–Crippen MR) is 81.7 cm³/mol. The summed E-state index contributed by atoms with van der Waals surface area (Å²) in [5.41, 5.74) is -0.445. The van der Waals surface area contributed by atoms with Gasteiger partial charge in [-0.1, -0.05) is 6.07 Å². The number of hydrogen-bond donors (Lipinski definition) is 0. The van der Waals surface area contributed by atoms with Crippen LogP contribution in [0.3, 0.4) is 0 Å². The van der Waals surface area contributed by atoms with E-state index in [9.17, 15) is 23.3 Å². The predicted octanol–water partition coefficient (Wildman–Crippen LogP) is 4.35. The minimum absolute atomic E-state index is 0.130. The van der Waals surface area contributed by atoms with Crippen molar-refractivity contribution in [3.63, 3.8) is 0 Å². The Morgan fingerprint density at radius 1 is 1.29 bits per heavy atom. The molecular weight excluding hydrogens is 323 g/mol. The summed E-state index contributed by atoms with van der Waals surface area (Å²) in [6, 6.07) is 6.19. The van der Waals surface area contributed by atoms with E-state index in [-0.39, 0.29) is 11.7 Å². The molecule has 1 saturated heterocycles. The van der Waals surface area contributed by atoms with Gasteiger partial charge in [0.1, 0.15) is 5.69 Å². The Hall–Kier alpha value is -2.64. The Balaban J connectivity index is 2.03. The zero-order valence-electron chi connectivity index (χ0n) is 12.5. The number of nitro benzene ring substituents is 1. The van der Waals surface area contributed by atoms with Crippen LogP contribution in [0.5, 0.6) is 0 Å². The van der Waals surface area contributed by atoms with Crippen molar-refractivity contribution >= 4 is 11.4 Å². The Labute approximate surface area is 135 Å². The highest BCUT2D eigenvalue weighted by molar-refractivity contribution is 5.66. The molecule has 8 heteroatoms. The van der Waals surface area contributed by atoms with Crippen LogP contribution < -0.4 is 4.90 Å². The van der Waals surface area contributed by atoms with Gasteiger partial charge >= 0.3 is 6.18 Å². The number of rotatable bonds is 3. The summed E-state index contributed by atoms with van der Waals surface area (Å²) in [5.74, 6) is 0. The molecule has 1 fully saturated rings. The van der Waals surface area contributed by atoms with Crippen molar-refractivity contribution in [2.45, 2.75) is 25.1 Å². The van der Waals surface area contributed by atoms with Gasteiger partial charge in [-0.3, -0.25) is 15.1 Å². The molecule has 5 nitrogen and oxygen atoms in total. The van der Waals surface area contributed by atoms with Gasteiger partial charge < -0.3 is 4.90 Å². The molecular formula is C16H14F3N3O2. The summed E-state index contributed by atoms with van der Waals surface area (Å²) in [7, 11) is 0. The maximum absolute atomic E-state index is 12.8. The van der Waals surface area contributed by atoms with Gasteiger partial charge in [-0.05, 0) is 36.6 Å². The van der Waals surface area contributed by atoms with Gasteiger partial charge in [0.15, 0.2) is 0 Å². The summed E-state index contributed by atoms with van der Waals surface area (Å²) in [4.78, 5) is 16.4. The highest BCUT2D eigenvalue weighted by atomic mass is 19.4. The molecule has 0 saturated carbocycles. The molecule has 0 N–H and O–H groups in total. The molecule has 1 aromatic heterocycles. The second-order valence-corrected chi connectivity index (χ2v) is 5.60. The fourth-order valence-electron chi connectivity index (χ4n) is 3.06. The largest absolute Gasteiger partial charge is 0.416 e. The Morgan fingerprint density at radius 2 is 2.08 bits per heavy atom. The molecule has 1 aliphatic rings. The van der Waals surface area contributed by atoms with E-state index in [4.69, 9.17) is 0 Å². The van der Waals surface area contributed by atoms with Crippen molar-refractivity contribution in [2.24, 2.45) is 0 Å². The van der Waals surface area contributed by atoms with Gasteiger partial charge in [0.05, 0.1) is 16.5 Å². The maximum Gasteiger partial charge on any atom is 0.416 e. The van der Waals surface area contributed by atoms with Crippen LogP contribution in [0.2, 0.25) is 0 Å². The van der Waals surface area contributed by atoms with Crippen LogP contribution >= 0.6 is 0 Å². The molecule has 126 valence electrons. The zero-order valence-corrected chi connectivity index (χ0v) is 12.5. The molecule has 0 amide bonds. The van der Waals surface area contributed by atoms with Crippen LogP contribution in [-0.2, 0) is 6.18 Å². The molecule has 0 radical (unpaired) electrons. The smallest absolute Gasteiger partial charge is 0.359 e. The lowest BCUT2D eigenvalue weighted by atomic mass is 10.1. The molecule has 0 unspecified atom stereocenters. The van der Waals surface area contributed by atoms with E-state index < -0.39 is 22.4 Å². The first-order valence-electron chi connectivity index (χ1n) is 7.40. The molecule has 1 aliphatic heterocycles. The van der Waals surface area contributed by atoms with Crippen molar-refractivity contribution in [3.8, 4) is 0 Å². The lowest BCUT2D eigenvalue weighted by Crippen LogP contribution is -2.23. The number of aromatic nitrogens is 1. The highest BCUT2D eigenvalue weighted by Crippen LogP contribution is 2.42. The number of benzene rings is 1. The molecule has 1 atom stereocenters. The van der Waals surface area contributed by atoms with Crippen molar-refractivity contribution in [1.29, 1.82) is 0 Å². The monoisotopic (exact) mass is 337 g/mol. The van der Waals surface area contributed by atoms with Crippen LogP contribution in [-0.4, -0.2) is 16.5 Å². The average molecular weight is 337 g/mol. The van der Waals surface area contributed by atoms with Crippen molar-refractivity contribution in [2.75, 3.05) is 11.4 Å². The van der Waals surface area contributed by atoms with Gasteiger partial charge in [-0.25, -0.2) is 0 Å². The number of anilines is 1. The summed E-state index contributed by atoms with van der Waals surface area (Å²) in [5, 5.41) is 11.3.